The van der Waals surface area contributed by atoms with Crippen LogP contribution in [-0.4, -0.2) is 36.7 Å². The van der Waals surface area contributed by atoms with E-state index in [2.05, 4.69) is 21.2 Å². The second kappa shape index (κ2) is 7.98. The van der Waals surface area contributed by atoms with E-state index >= 15 is 0 Å². The van der Waals surface area contributed by atoms with Gasteiger partial charge in [0.1, 0.15) is 0 Å². The number of hydrogen-bond acceptors (Lipinski definition) is 4. The molecular weight excluding hydrogens is 328 g/mol. The van der Waals surface area contributed by atoms with E-state index in [0.717, 1.165) is 0 Å². The van der Waals surface area contributed by atoms with Gasteiger partial charge in [0.2, 0.25) is 5.91 Å². The molecule has 0 aliphatic rings. The lowest BCUT2D eigenvalue weighted by atomic mass is 10.1. The van der Waals surface area contributed by atoms with Gasteiger partial charge in [-0.2, -0.15) is 0 Å². The number of aromatic carboxylic acids is 1. The summed E-state index contributed by atoms with van der Waals surface area (Å²) in [4.78, 5) is 22.8. The molecule has 1 aromatic carbocycles. The highest BCUT2D eigenvalue weighted by atomic mass is 79.9. The Morgan fingerprint density at radius 1 is 1.50 bits per heavy atom. The molecule has 1 atom stereocenters. The average Bonchev–Trinajstić information content (AvgIpc) is 2.40. The van der Waals surface area contributed by atoms with Gasteiger partial charge in [-0.1, -0.05) is 0 Å². The molecule has 4 N–H and O–H groups in total. The van der Waals surface area contributed by atoms with Crippen molar-refractivity contribution in [1.82, 2.24) is 0 Å². The SMILES string of the molecule is COCCCC(N)C(=O)Nc1ccc(Br)c(C(=O)O)c1. The number of ether oxygens (including phenoxy) is 1. The van der Waals surface area contributed by atoms with Gasteiger partial charge >= 0.3 is 5.97 Å². The van der Waals surface area contributed by atoms with Crippen LogP contribution in [0, 0.1) is 0 Å². The maximum Gasteiger partial charge on any atom is 0.336 e. The summed E-state index contributed by atoms with van der Waals surface area (Å²) < 4.78 is 5.34. The summed E-state index contributed by atoms with van der Waals surface area (Å²) in [5.74, 6) is -1.42. The van der Waals surface area contributed by atoms with Crippen molar-refractivity contribution in [2.45, 2.75) is 18.9 Å². The molecule has 0 saturated heterocycles. The molecule has 0 saturated carbocycles. The van der Waals surface area contributed by atoms with E-state index in [1.165, 1.54) is 6.07 Å². The minimum atomic E-state index is -1.07. The van der Waals surface area contributed by atoms with Gasteiger partial charge in [0.05, 0.1) is 11.6 Å². The molecule has 0 heterocycles. The summed E-state index contributed by atoms with van der Waals surface area (Å²) in [6.45, 7) is 0.544. The smallest absolute Gasteiger partial charge is 0.336 e. The summed E-state index contributed by atoms with van der Waals surface area (Å²) in [6.07, 6.45) is 1.19. The van der Waals surface area contributed by atoms with E-state index in [1.54, 1.807) is 19.2 Å². The number of halogens is 1. The Bertz CT molecular complexity index is 493. The first-order chi connectivity index (χ1) is 9.45. The Labute approximate surface area is 125 Å². The van der Waals surface area contributed by atoms with Crippen molar-refractivity contribution < 1.29 is 19.4 Å². The molecule has 1 unspecified atom stereocenters. The number of carboxylic acids is 1. The molecule has 1 aromatic rings. The van der Waals surface area contributed by atoms with E-state index in [9.17, 15) is 9.59 Å². The topological polar surface area (TPSA) is 102 Å². The number of hydrogen-bond donors (Lipinski definition) is 3. The van der Waals surface area contributed by atoms with E-state index in [0.29, 0.717) is 29.6 Å². The first-order valence-electron chi connectivity index (χ1n) is 6.04. The maximum absolute atomic E-state index is 11.8. The molecule has 0 fully saturated rings. The van der Waals surface area contributed by atoms with Crippen molar-refractivity contribution in [2.24, 2.45) is 5.73 Å². The van der Waals surface area contributed by atoms with E-state index in [1.807, 2.05) is 0 Å². The Morgan fingerprint density at radius 2 is 2.20 bits per heavy atom. The van der Waals surface area contributed by atoms with Crippen LogP contribution in [0.25, 0.3) is 0 Å². The Morgan fingerprint density at radius 3 is 2.80 bits per heavy atom. The molecule has 0 bridgehead atoms. The number of carboxylic acid groups (broad SMARTS) is 1. The zero-order chi connectivity index (χ0) is 15.1. The normalized spacial score (nSPS) is 11.9. The van der Waals surface area contributed by atoms with Crippen LogP contribution in [0.4, 0.5) is 5.69 Å². The zero-order valence-corrected chi connectivity index (χ0v) is 12.6. The zero-order valence-electron chi connectivity index (χ0n) is 11.1. The predicted molar refractivity (Wildman–Crippen MR) is 78.8 cm³/mol. The molecule has 6 nitrogen and oxygen atoms in total. The number of nitrogens with one attached hydrogen (secondary N) is 1. The minimum absolute atomic E-state index is 0.0794. The third-order valence-electron chi connectivity index (χ3n) is 2.66. The summed E-state index contributed by atoms with van der Waals surface area (Å²) in [7, 11) is 1.58. The fourth-order valence-corrected chi connectivity index (χ4v) is 2.00. The van der Waals surface area contributed by atoms with Crippen LogP contribution in [0.3, 0.4) is 0 Å². The molecule has 0 spiro atoms. The van der Waals surface area contributed by atoms with E-state index < -0.39 is 12.0 Å². The lowest BCUT2D eigenvalue weighted by Gasteiger charge is -2.12. The molecule has 20 heavy (non-hydrogen) atoms. The van der Waals surface area contributed by atoms with Crippen molar-refractivity contribution in [3.05, 3.63) is 28.2 Å². The predicted octanol–water partition coefficient (Wildman–Crippen LogP) is 1.84. The molecule has 110 valence electrons. The van der Waals surface area contributed by atoms with Crippen molar-refractivity contribution >= 4 is 33.5 Å². The summed E-state index contributed by atoms with van der Waals surface area (Å²) in [6, 6.07) is 3.90. The Hall–Kier alpha value is -1.44. The molecule has 0 aromatic heterocycles. The second-order valence-corrected chi connectivity index (χ2v) is 5.08. The van der Waals surface area contributed by atoms with Gasteiger partial charge in [0.15, 0.2) is 0 Å². The van der Waals surface area contributed by atoms with Gasteiger partial charge in [-0.25, -0.2) is 4.79 Å². The van der Waals surface area contributed by atoms with Gasteiger partial charge in [-0.05, 0) is 47.0 Å². The monoisotopic (exact) mass is 344 g/mol. The third-order valence-corrected chi connectivity index (χ3v) is 3.36. The highest BCUT2D eigenvalue weighted by Crippen LogP contribution is 2.21. The maximum atomic E-state index is 11.8. The van der Waals surface area contributed by atoms with Crippen molar-refractivity contribution in [3.8, 4) is 0 Å². The standard InChI is InChI=1S/C13H17BrN2O4/c1-20-6-2-3-11(15)12(17)16-8-4-5-10(14)9(7-8)13(18)19/h4-5,7,11H,2-3,6,15H2,1H3,(H,16,17)(H,18,19). The van der Waals surface area contributed by atoms with Gasteiger partial charge in [-0.3, -0.25) is 4.79 Å². The fraction of sp³-hybridized carbons (Fsp3) is 0.385. The molecular formula is C13H17BrN2O4. The van der Waals surface area contributed by atoms with Crippen LogP contribution in [0.15, 0.2) is 22.7 Å². The lowest BCUT2D eigenvalue weighted by Crippen LogP contribution is -2.35. The quantitative estimate of drug-likeness (QED) is 0.655. The van der Waals surface area contributed by atoms with E-state index in [-0.39, 0.29) is 11.5 Å². The molecule has 0 aliphatic carbocycles. The number of carbonyl (C=O) groups is 2. The molecule has 0 aliphatic heterocycles. The third kappa shape index (κ3) is 4.92. The van der Waals surface area contributed by atoms with Crippen LogP contribution < -0.4 is 11.1 Å². The Kier molecular flexibility index (Phi) is 6.63. The van der Waals surface area contributed by atoms with Gasteiger partial charge < -0.3 is 20.9 Å². The first kappa shape index (κ1) is 16.6. The first-order valence-corrected chi connectivity index (χ1v) is 6.83. The number of rotatable bonds is 7. The van der Waals surface area contributed by atoms with Crippen molar-refractivity contribution in [3.63, 3.8) is 0 Å². The van der Waals surface area contributed by atoms with Crippen LogP contribution in [0.1, 0.15) is 23.2 Å². The molecule has 0 radical (unpaired) electrons. The average molecular weight is 345 g/mol. The number of methoxy groups -OCH3 is 1. The summed E-state index contributed by atoms with van der Waals surface area (Å²) in [5, 5.41) is 11.6. The van der Waals surface area contributed by atoms with Crippen LogP contribution in [-0.2, 0) is 9.53 Å². The van der Waals surface area contributed by atoms with Crippen LogP contribution in [0.5, 0.6) is 0 Å². The van der Waals surface area contributed by atoms with Gasteiger partial charge in [-0.15, -0.1) is 0 Å². The van der Waals surface area contributed by atoms with Gasteiger partial charge in [0.25, 0.3) is 0 Å². The van der Waals surface area contributed by atoms with Crippen LogP contribution in [0.2, 0.25) is 0 Å². The number of anilines is 1. The Balaban J connectivity index is 2.66. The van der Waals surface area contributed by atoms with Gasteiger partial charge in [0, 0.05) is 23.9 Å². The fourth-order valence-electron chi connectivity index (χ4n) is 1.58. The number of nitrogens with two attached hydrogens (primary N) is 1. The van der Waals surface area contributed by atoms with Crippen LogP contribution >= 0.6 is 15.9 Å². The number of carbonyl (C=O) groups excluding carboxylic acids is 1. The highest BCUT2D eigenvalue weighted by Gasteiger charge is 2.15. The van der Waals surface area contributed by atoms with Crippen molar-refractivity contribution in [2.75, 3.05) is 19.0 Å². The number of benzene rings is 1. The summed E-state index contributed by atoms with van der Waals surface area (Å²) in [5.41, 5.74) is 6.22. The van der Waals surface area contributed by atoms with Crippen molar-refractivity contribution in [1.29, 1.82) is 0 Å². The highest BCUT2D eigenvalue weighted by molar-refractivity contribution is 9.10. The lowest BCUT2D eigenvalue weighted by molar-refractivity contribution is -0.117. The second-order valence-electron chi connectivity index (χ2n) is 4.23. The molecule has 1 amide bonds. The minimum Gasteiger partial charge on any atom is -0.478 e. The molecule has 7 heteroatoms. The number of amides is 1. The largest absolute Gasteiger partial charge is 0.478 e. The molecule has 1 rings (SSSR count). The summed E-state index contributed by atoms with van der Waals surface area (Å²) >= 11 is 3.14. The van der Waals surface area contributed by atoms with E-state index in [4.69, 9.17) is 15.6 Å².